The van der Waals surface area contributed by atoms with Crippen LogP contribution in [-0.2, 0) is 10.8 Å². The summed E-state index contributed by atoms with van der Waals surface area (Å²) in [7, 11) is 0. The highest BCUT2D eigenvalue weighted by atomic mass is 16.3. The van der Waals surface area contributed by atoms with Crippen LogP contribution >= 0.6 is 0 Å². The summed E-state index contributed by atoms with van der Waals surface area (Å²) in [6, 6.07) is 69.1. The first-order valence-electron chi connectivity index (χ1n) is 21.1. The molecule has 0 radical (unpaired) electrons. The van der Waals surface area contributed by atoms with Crippen LogP contribution < -0.4 is 4.90 Å². The first-order valence-corrected chi connectivity index (χ1v) is 21.1. The average molecular weight is 770 g/mol. The third kappa shape index (κ3) is 4.94. The Morgan fingerprint density at radius 1 is 0.350 bits per heavy atom. The molecule has 2 aliphatic rings. The summed E-state index contributed by atoms with van der Waals surface area (Å²) >= 11 is 0. The summed E-state index contributed by atoms with van der Waals surface area (Å²) in [5.74, 6) is 0. The normalized spacial score (nSPS) is 14.3. The number of hydrogen-bond acceptors (Lipinski definition) is 2. The van der Waals surface area contributed by atoms with E-state index in [1.54, 1.807) is 0 Å². The lowest BCUT2D eigenvalue weighted by Gasteiger charge is -2.28. The first kappa shape index (κ1) is 34.8. The Labute approximate surface area is 351 Å². The van der Waals surface area contributed by atoms with Gasteiger partial charge in [0.1, 0.15) is 11.2 Å². The van der Waals surface area contributed by atoms with E-state index in [4.69, 9.17) is 4.42 Å². The van der Waals surface area contributed by atoms with Crippen molar-refractivity contribution in [2.45, 2.75) is 38.5 Å². The highest BCUT2D eigenvalue weighted by Gasteiger charge is 2.38. The van der Waals surface area contributed by atoms with E-state index >= 15 is 0 Å². The van der Waals surface area contributed by atoms with Crippen LogP contribution in [0.3, 0.4) is 0 Å². The summed E-state index contributed by atoms with van der Waals surface area (Å²) in [4.78, 5) is 2.41. The fourth-order valence-electron chi connectivity index (χ4n) is 10.7. The van der Waals surface area contributed by atoms with Gasteiger partial charge in [0, 0.05) is 38.7 Å². The number of para-hydroxylation sites is 1. The van der Waals surface area contributed by atoms with Crippen molar-refractivity contribution in [3.8, 4) is 44.5 Å². The maximum Gasteiger partial charge on any atom is 0.136 e. The molecular formula is C58H43NO. The van der Waals surface area contributed by atoms with Gasteiger partial charge >= 0.3 is 0 Å². The SMILES string of the molecule is CC1(C)c2ccccc2-c2ccc(N(c3ccc(-c4ccccc4)cc3)c3ccc(-c4cc5oc6ccccc6c5c5c6c(ccc45)-c4ccccc4C6(C)C)cc3)cc21. The minimum absolute atomic E-state index is 0.110. The molecule has 0 unspecified atom stereocenters. The topological polar surface area (TPSA) is 16.4 Å². The van der Waals surface area contributed by atoms with E-state index in [9.17, 15) is 0 Å². The van der Waals surface area contributed by atoms with Crippen molar-refractivity contribution >= 4 is 49.8 Å². The molecule has 0 saturated heterocycles. The van der Waals surface area contributed by atoms with Crippen LogP contribution in [0.25, 0.3) is 77.2 Å². The molecule has 60 heavy (non-hydrogen) atoms. The Morgan fingerprint density at radius 2 is 0.900 bits per heavy atom. The number of anilines is 3. The summed E-state index contributed by atoms with van der Waals surface area (Å²) in [5.41, 5.74) is 20.4. The molecule has 0 aliphatic heterocycles. The number of rotatable bonds is 5. The average Bonchev–Trinajstić information content (AvgIpc) is 3.86. The van der Waals surface area contributed by atoms with E-state index in [0.717, 1.165) is 39.2 Å². The van der Waals surface area contributed by atoms with Crippen LogP contribution in [0.2, 0.25) is 0 Å². The zero-order valence-electron chi connectivity index (χ0n) is 34.3. The zero-order valence-corrected chi connectivity index (χ0v) is 34.3. The Morgan fingerprint density at radius 3 is 1.63 bits per heavy atom. The monoisotopic (exact) mass is 769 g/mol. The van der Waals surface area contributed by atoms with Crippen LogP contribution in [0.15, 0.2) is 192 Å². The van der Waals surface area contributed by atoms with Gasteiger partial charge in [-0.2, -0.15) is 0 Å². The maximum atomic E-state index is 6.72. The van der Waals surface area contributed by atoms with Crippen molar-refractivity contribution in [2.24, 2.45) is 0 Å². The molecule has 0 saturated carbocycles. The van der Waals surface area contributed by atoms with Crippen LogP contribution in [0.1, 0.15) is 49.9 Å². The van der Waals surface area contributed by atoms with Crippen LogP contribution in [-0.4, -0.2) is 0 Å². The minimum atomic E-state index is -0.179. The highest BCUT2D eigenvalue weighted by Crippen LogP contribution is 2.55. The number of furan rings is 1. The summed E-state index contributed by atoms with van der Waals surface area (Å²) < 4.78 is 6.72. The van der Waals surface area contributed by atoms with E-state index in [1.165, 1.54) is 77.4 Å². The first-order chi connectivity index (χ1) is 29.3. The van der Waals surface area contributed by atoms with E-state index in [1.807, 2.05) is 0 Å². The molecule has 0 spiro atoms. The van der Waals surface area contributed by atoms with Crippen molar-refractivity contribution in [3.63, 3.8) is 0 Å². The Hall–Kier alpha value is -7.16. The lowest BCUT2D eigenvalue weighted by Crippen LogP contribution is -2.16. The van der Waals surface area contributed by atoms with Crippen LogP contribution in [0.5, 0.6) is 0 Å². The molecular weight excluding hydrogens is 727 g/mol. The molecule has 10 aromatic rings. The maximum absolute atomic E-state index is 6.72. The fraction of sp³-hybridized carbons (Fsp3) is 0.103. The van der Waals surface area contributed by atoms with Gasteiger partial charge in [-0.25, -0.2) is 0 Å². The van der Waals surface area contributed by atoms with Crippen molar-refractivity contribution in [1.82, 2.24) is 0 Å². The standard InChI is InChI=1S/C58H43NO/c1-57(2)49-19-11-8-16-42(49)44-31-30-41(34-51(44)57)59(39-26-22-37(23-27-39)36-14-6-5-7-15-36)40-28-24-38(25-29-40)48-35-53-54(47-18-10-13-21-52(47)60-53)55-45(48)32-33-46-43-17-9-12-20-50(43)58(3,4)56(46)55/h5-35H,1-4H3. The van der Waals surface area contributed by atoms with Gasteiger partial charge in [0.2, 0.25) is 0 Å². The predicted octanol–water partition coefficient (Wildman–Crippen LogP) is 16.2. The molecule has 2 aliphatic carbocycles. The molecule has 1 heterocycles. The number of hydrogen-bond donors (Lipinski definition) is 0. The lowest BCUT2D eigenvalue weighted by atomic mass is 9.78. The van der Waals surface area contributed by atoms with Gasteiger partial charge in [-0.15, -0.1) is 0 Å². The van der Waals surface area contributed by atoms with Gasteiger partial charge in [0.15, 0.2) is 0 Å². The number of benzene rings is 9. The Kier molecular flexibility index (Phi) is 7.36. The summed E-state index contributed by atoms with van der Waals surface area (Å²) in [5, 5.41) is 4.90. The van der Waals surface area contributed by atoms with E-state index in [-0.39, 0.29) is 10.8 Å². The minimum Gasteiger partial charge on any atom is -0.456 e. The third-order valence-corrected chi connectivity index (χ3v) is 13.7. The van der Waals surface area contributed by atoms with E-state index in [0.29, 0.717) is 0 Å². The van der Waals surface area contributed by atoms with Crippen molar-refractivity contribution in [1.29, 1.82) is 0 Å². The highest BCUT2D eigenvalue weighted by molar-refractivity contribution is 6.24. The molecule has 0 bridgehead atoms. The molecule has 9 aromatic carbocycles. The fourth-order valence-corrected chi connectivity index (χ4v) is 10.7. The molecule has 0 amide bonds. The van der Waals surface area contributed by atoms with Gasteiger partial charge in [0.25, 0.3) is 0 Å². The van der Waals surface area contributed by atoms with Gasteiger partial charge in [-0.1, -0.05) is 167 Å². The molecule has 1 aromatic heterocycles. The molecule has 12 rings (SSSR count). The molecule has 0 N–H and O–H groups in total. The lowest BCUT2D eigenvalue weighted by molar-refractivity contribution is 0.660. The quantitative estimate of drug-likeness (QED) is 0.173. The second kappa shape index (κ2) is 12.7. The second-order valence-corrected chi connectivity index (χ2v) is 17.7. The van der Waals surface area contributed by atoms with Crippen LogP contribution in [0, 0.1) is 0 Å². The van der Waals surface area contributed by atoms with Crippen LogP contribution in [0.4, 0.5) is 17.1 Å². The molecule has 2 heteroatoms. The van der Waals surface area contributed by atoms with Crippen molar-refractivity contribution in [2.75, 3.05) is 4.90 Å². The Balaban J connectivity index is 1.03. The van der Waals surface area contributed by atoms with Gasteiger partial charge in [0.05, 0.1) is 0 Å². The van der Waals surface area contributed by atoms with Crippen molar-refractivity contribution in [3.05, 3.63) is 210 Å². The Bertz CT molecular complexity index is 3350. The smallest absolute Gasteiger partial charge is 0.136 e. The molecule has 0 fully saturated rings. The number of fused-ring (bicyclic) bond motifs is 12. The van der Waals surface area contributed by atoms with E-state index in [2.05, 4.69) is 221 Å². The summed E-state index contributed by atoms with van der Waals surface area (Å²) in [6.07, 6.45) is 0. The zero-order chi connectivity index (χ0) is 40.3. The number of nitrogens with zero attached hydrogens (tertiary/aromatic N) is 1. The van der Waals surface area contributed by atoms with Gasteiger partial charge < -0.3 is 9.32 Å². The van der Waals surface area contributed by atoms with Gasteiger partial charge in [-0.05, 0) is 126 Å². The second-order valence-electron chi connectivity index (χ2n) is 17.7. The molecule has 0 atom stereocenters. The third-order valence-electron chi connectivity index (χ3n) is 13.7. The van der Waals surface area contributed by atoms with Crippen molar-refractivity contribution < 1.29 is 4.42 Å². The largest absolute Gasteiger partial charge is 0.456 e. The molecule has 286 valence electrons. The molecule has 2 nitrogen and oxygen atoms in total. The van der Waals surface area contributed by atoms with E-state index < -0.39 is 0 Å². The summed E-state index contributed by atoms with van der Waals surface area (Å²) in [6.45, 7) is 9.47. The van der Waals surface area contributed by atoms with Gasteiger partial charge in [-0.3, -0.25) is 0 Å². The predicted molar refractivity (Wildman–Crippen MR) is 252 cm³/mol.